The third-order valence-corrected chi connectivity index (χ3v) is 4.57. The van der Waals surface area contributed by atoms with Crippen molar-refractivity contribution >= 4 is 22.6 Å². The lowest BCUT2D eigenvalue weighted by atomic mass is 10.0. The van der Waals surface area contributed by atoms with E-state index in [2.05, 4.69) is 33.5 Å². The zero-order valence-corrected chi connectivity index (χ0v) is 15.8. The van der Waals surface area contributed by atoms with E-state index in [-0.39, 0.29) is 17.2 Å². The van der Waals surface area contributed by atoms with E-state index >= 15 is 0 Å². The second kappa shape index (κ2) is 7.98. The van der Waals surface area contributed by atoms with Crippen LogP contribution in [0.2, 0.25) is 0 Å². The first-order valence-corrected chi connectivity index (χ1v) is 9.11. The van der Waals surface area contributed by atoms with Crippen molar-refractivity contribution in [3.8, 4) is 11.5 Å². The van der Waals surface area contributed by atoms with Crippen molar-refractivity contribution in [1.29, 1.82) is 0 Å². The molecule has 0 bridgehead atoms. The van der Waals surface area contributed by atoms with Gasteiger partial charge in [0.05, 0.1) is 12.6 Å². The molecule has 29 heavy (non-hydrogen) atoms. The molecule has 6 heteroatoms. The van der Waals surface area contributed by atoms with E-state index < -0.39 is 5.91 Å². The van der Waals surface area contributed by atoms with Crippen molar-refractivity contribution in [2.75, 3.05) is 12.4 Å². The molecule has 0 fully saturated rings. The number of carbonyl (C=O) groups excluding carboxylic acids is 1. The van der Waals surface area contributed by atoms with Gasteiger partial charge < -0.3 is 15.2 Å². The Hall–Kier alpha value is -3.93. The second-order valence-electron chi connectivity index (χ2n) is 6.55. The summed E-state index contributed by atoms with van der Waals surface area (Å²) in [4.78, 5) is 20.9. The van der Waals surface area contributed by atoms with E-state index in [4.69, 9.17) is 4.74 Å². The number of amides is 1. The van der Waals surface area contributed by atoms with Crippen LogP contribution in [-0.2, 0) is 6.42 Å². The molecule has 2 N–H and O–H groups in total. The predicted octanol–water partition coefficient (Wildman–Crippen LogP) is 4.19. The zero-order chi connectivity index (χ0) is 20.2. The lowest BCUT2D eigenvalue weighted by Gasteiger charge is -2.09. The normalized spacial score (nSPS) is 10.7. The molecule has 0 unspecified atom stereocenters. The van der Waals surface area contributed by atoms with Gasteiger partial charge in [0.15, 0.2) is 17.2 Å². The molecule has 0 saturated carbocycles. The van der Waals surface area contributed by atoms with Gasteiger partial charge in [-0.3, -0.25) is 4.79 Å². The van der Waals surface area contributed by atoms with E-state index in [1.807, 2.05) is 36.4 Å². The summed E-state index contributed by atoms with van der Waals surface area (Å²) >= 11 is 0. The lowest BCUT2D eigenvalue weighted by molar-refractivity contribution is 0.101. The van der Waals surface area contributed by atoms with Crippen LogP contribution < -0.4 is 10.1 Å². The maximum atomic E-state index is 12.5. The number of hydrogen-bond donors (Lipinski definition) is 2. The van der Waals surface area contributed by atoms with Crippen LogP contribution in [0.4, 0.5) is 5.82 Å². The third-order valence-electron chi connectivity index (χ3n) is 4.57. The van der Waals surface area contributed by atoms with E-state index in [1.54, 1.807) is 6.07 Å². The van der Waals surface area contributed by atoms with E-state index in [0.717, 1.165) is 17.3 Å². The maximum Gasteiger partial charge on any atom is 0.279 e. The minimum atomic E-state index is -0.561. The summed E-state index contributed by atoms with van der Waals surface area (Å²) < 4.78 is 5.01. The molecule has 6 nitrogen and oxygen atoms in total. The van der Waals surface area contributed by atoms with Gasteiger partial charge in [0.1, 0.15) is 5.82 Å². The van der Waals surface area contributed by atoms with Gasteiger partial charge in [0.25, 0.3) is 5.91 Å². The standard InChI is InChI=1S/C23H19N3O3/c1-29-19-11-12-24-21(22(19)27)23(28)26-20-10-8-17-14-16(7-9-18(17)25-20)13-15-5-3-2-4-6-15/h2-12,14,27H,13H2,1H3,(H,25,26,28). The van der Waals surface area contributed by atoms with Crippen LogP contribution in [0.1, 0.15) is 21.6 Å². The predicted molar refractivity (Wildman–Crippen MR) is 111 cm³/mol. The summed E-state index contributed by atoms with van der Waals surface area (Å²) in [5.41, 5.74) is 3.08. The monoisotopic (exact) mass is 385 g/mol. The molecule has 0 aliphatic heterocycles. The molecule has 2 heterocycles. The van der Waals surface area contributed by atoms with Gasteiger partial charge in [-0.05, 0) is 41.8 Å². The number of hydrogen-bond acceptors (Lipinski definition) is 5. The number of aromatic nitrogens is 2. The van der Waals surface area contributed by atoms with E-state index in [0.29, 0.717) is 5.82 Å². The molecule has 0 aliphatic rings. The molecule has 2 aromatic heterocycles. The fourth-order valence-electron chi connectivity index (χ4n) is 3.13. The Kier molecular flexibility index (Phi) is 5.07. The molecule has 4 aromatic rings. The number of benzene rings is 2. The summed E-state index contributed by atoms with van der Waals surface area (Å²) in [6.07, 6.45) is 2.24. The summed E-state index contributed by atoms with van der Waals surface area (Å²) in [5, 5.41) is 13.7. The van der Waals surface area contributed by atoms with Gasteiger partial charge in [-0.25, -0.2) is 9.97 Å². The van der Waals surface area contributed by atoms with Crippen molar-refractivity contribution in [2.24, 2.45) is 0 Å². The molecular formula is C23H19N3O3. The molecule has 0 saturated heterocycles. The quantitative estimate of drug-likeness (QED) is 0.538. The molecule has 1 amide bonds. The number of nitrogens with one attached hydrogen (secondary N) is 1. The Morgan fingerprint density at radius 3 is 2.66 bits per heavy atom. The van der Waals surface area contributed by atoms with Crippen molar-refractivity contribution in [3.05, 3.63) is 89.7 Å². The fraction of sp³-hybridized carbons (Fsp3) is 0.0870. The highest BCUT2D eigenvalue weighted by Crippen LogP contribution is 2.28. The Morgan fingerprint density at radius 1 is 1.03 bits per heavy atom. The van der Waals surface area contributed by atoms with Gasteiger partial charge in [0.2, 0.25) is 0 Å². The van der Waals surface area contributed by atoms with Crippen LogP contribution in [0.5, 0.6) is 11.5 Å². The Morgan fingerprint density at radius 2 is 1.86 bits per heavy atom. The summed E-state index contributed by atoms with van der Waals surface area (Å²) in [5.74, 6) is -0.308. The maximum absolute atomic E-state index is 12.5. The number of nitrogens with zero attached hydrogens (tertiary/aromatic N) is 2. The summed E-state index contributed by atoms with van der Waals surface area (Å²) in [6.45, 7) is 0. The number of pyridine rings is 2. The molecule has 0 aliphatic carbocycles. The van der Waals surface area contributed by atoms with Crippen LogP contribution >= 0.6 is 0 Å². The highest BCUT2D eigenvalue weighted by Gasteiger charge is 2.17. The van der Waals surface area contributed by atoms with Crippen LogP contribution in [0, 0.1) is 0 Å². The van der Waals surface area contributed by atoms with E-state index in [1.165, 1.54) is 30.5 Å². The number of carbonyl (C=O) groups is 1. The minimum absolute atomic E-state index is 0.121. The first-order chi connectivity index (χ1) is 14.1. The van der Waals surface area contributed by atoms with Crippen LogP contribution in [0.3, 0.4) is 0 Å². The van der Waals surface area contributed by atoms with Crippen molar-refractivity contribution < 1.29 is 14.6 Å². The molecule has 4 rings (SSSR count). The first kappa shape index (κ1) is 18.4. The molecular weight excluding hydrogens is 366 g/mol. The molecule has 0 spiro atoms. The van der Waals surface area contributed by atoms with Gasteiger partial charge in [-0.2, -0.15) is 0 Å². The number of fused-ring (bicyclic) bond motifs is 1. The average molecular weight is 385 g/mol. The topological polar surface area (TPSA) is 84.3 Å². The Labute approximate surface area is 167 Å². The highest BCUT2D eigenvalue weighted by molar-refractivity contribution is 6.05. The van der Waals surface area contributed by atoms with Gasteiger partial charge in [-0.1, -0.05) is 36.4 Å². The number of aromatic hydroxyl groups is 1. The average Bonchev–Trinajstić information content (AvgIpc) is 2.74. The Bertz CT molecular complexity index is 1180. The highest BCUT2D eigenvalue weighted by atomic mass is 16.5. The number of ether oxygens (including phenoxy) is 1. The largest absolute Gasteiger partial charge is 0.503 e. The number of methoxy groups -OCH3 is 1. The summed E-state index contributed by atoms with van der Waals surface area (Å²) in [7, 11) is 1.41. The van der Waals surface area contributed by atoms with Crippen molar-refractivity contribution in [1.82, 2.24) is 9.97 Å². The number of anilines is 1. The van der Waals surface area contributed by atoms with Crippen LogP contribution in [0.25, 0.3) is 10.9 Å². The van der Waals surface area contributed by atoms with Gasteiger partial charge in [0, 0.05) is 17.6 Å². The van der Waals surface area contributed by atoms with Crippen molar-refractivity contribution in [2.45, 2.75) is 6.42 Å². The lowest BCUT2D eigenvalue weighted by Crippen LogP contribution is -2.15. The van der Waals surface area contributed by atoms with E-state index in [9.17, 15) is 9.90 Å². The molecule has 0 radical (unpaired) electrons. The Balaban J connectivity index is 1.55. The van der Waals surface area contributed by atoms with Crippen LogP contribution in [-0.4, -0.2) is 28.1 Å². The fourth-order valence-corrected chi connectivity index (χ4v) is 3.13. The smallest absolute Gasteiger partial charge is 0.279 e. The SMILES string of the molecule is COc1ccnc(C(=O)Nc2ccc3cc(Cc4ccccc4)ccc3n2)c1O. The first-order valence-electron chi connectivity index (χ1n) is 9.11. The summed E-state index contributed by atoms with van der Waals surface area (Å²) in [6, 6.07) is 21.4. The number of rotatable bonds is 5. The third kappa shape index (κ3) is 4.01. The molecule has 144 valence electrons. The van der Waals surface area contributed by atoms with Gasteiger partial charge >= 0.3 is 0 Å². The molecule has 0 atom stereocenters. The second-order valence-corrected chi connectivity index (χ2v) is 6.55. The minimum Gasteiger partial charge on any atom is -0.503 e. The zero-order valence-electron chi connectivity index (χ0n) is 15.8. The molecule has 2 aromatic carbocycles. The van der Waals surface area contributed by atoms with Gasteiger partial charge in [-0.15, -0.1) is 0 Å². The van der Waals surface area contributed by atoms with Crippen LogP contribution in [0.15, 0.2) is 72.9 Å². The van der Waals surface area contributed by atoms with Crippen molar-refractivity contribution in [3.63, 3.8) is 0 Å².